The molecule has 1 atom stereocenters. The van der Waals surface area contributed by atoms with Crippen molar-refractivity contribution < 1.29 is 14.7 Å². The van der Waals surface area contributed by atoms with Crippen LogP contribution in [0.15, 0.2) is 30.3 Å². The van der Waals surface area contributed by atoms with Crippen molar-refractivity contribution in [3.8, 4) is 0 Å². The predicted octanol–water partition coefficient (Wildman–Crippen LogP) is 0.906. The van der Waals surface area contributed by atoms with Gasteiger partial charge in [0.25, 0.3) is 0 Å². The lowest BCUT2D eigenvalue weighted by Crippen LogP contribution is -2.37. The summed E-state index contributed by atoms with van der Waals surface area (Å²) >= 11 is 5.15. The van der Waals surface area contributed by atoms with Crippen LogP contribution in [0.5, 0.6) is 0 Å². The maximum Gasteiger partial charge on any atom is 0.308 e. The molecule has 1 fully saturated rings. The Bertz CT molecular complexity index is 536. The van der Waals surface area contributed by atoms with Crippen LogP contribution in [0, 0.1) is 5.92 Å². The van der Waals surface area contributed by atoms with Crippen LogP contribution >= 0.6 is 12.2 Å². The monoisotopic (exact) mass is 307 g/mol. The molecule has 1 heterocycles. The maximum absolute atomic E-state index is 11.6. The zero-order chi connectivity index (χ0) is 15.2. The summed E-state index contributed by atoms with van der Waals surface area (Å²) in [5, 5.41) is 15.4. The van der Waals surface area contributed by atoms with E-state index >= 15 is 0 Å². The Kier molecular flexibility index (Phi) is 5.10. The maximum atomic E-state index is 11.6. The molecule has 3 N–H and O–H groups in total. The number of para-hydroxylation sites is 1. The number of nitrogens with zero attached hydrogens (tertiary/aromatic N) is 1. The Morgan fingerprint density at radius 2 is 2.10 bits per heavy atom. The van der Waals surface area contributed by atoms with Gasteiger partial charge in [-0.15, -0.1) is 0 Å². The Morgan fingerprint density at radius 1 is 1.38 bits per heavy atom. The molecule has 21 heavy (non-hydrogen) atoms. The van der Waals surface area contributed by atoms with Gasteiger partial charge < -0.3 is 20.6 Å². The van der Waals surface area contributed by atoms with Crippen LogP contribution in [-0.4, -0.2) is 46.6 Å². The number of likely N-dealkylation sites (tertiary alicyclic amines) is 1. The Balaban J connectivity index is 1.71. The van der Waals surface area contributed by atoms with Crippen LogP contribution < -0.4 is 10.6 Å². The molecule has 7 heteroatoms. The number of nitrogens with one attached hydrogen (secondary N) is 2. The van der Waals surface area contributed by atoms with Crippen molar-refractivity contribution in [1.29, 1.82) is 0 Å². The molecule has 1 aliphatic rings. The molecule has 1 aromatic rings. The second-order valence-corrected chi connectivity index (χ2v) is 5.23. The third-order valence-corrected chi connectivity index (χ3v) is 3.51. The van der Waals surface area contributed by atoms with Crippen molar-refractivity contribution in [2.24, 2.45) is 5.92 Å². The summed E-state index contributed by atoms with van der Waals surface area (Å²) in [4.78, 5) is 24.0. The number of benzene rings is 1. The summed E-state index contributed by atoms with van der Waals surface area (Å²) in [6.45, 7) is 1.20. The van der Waals surface area contributed by atoms with Crippen molar-refractivity contribution in [3.05, 3.63) is 30.3 Å². The van der Waals surface area contributed by atoms with Crippen LogP contribution in [0.2, 0.25) is 0 Å². The van der Waals surface area contributed by atoms with Gasteiger partial charge >= 0.3 is 5.97 Å². The summed E-state index contributed by atoms with van der Waals surface area (Å²) < 4.78 is 0. The van der Waals surface area contributed by atoms with Crippen LogP contribution in [0.4, 0.5) is 5.69 Å². The second kappa shape index (κ2) is 7.03. The average Bonchev–Trinajstić information content (AvgIpc) is 2.82. The molecule has 6 nitrogen and oxygen atoms in total. The molecule has 1 unspecified atom stereocenters. The van der Waals surface area contributed by atoms with Crippen LogP contribution in [0.3, 0.4) is 0 Å². The van der Waals surface area contributed by atoms with Crippen molar-refractivity contribution in [2.75, 3.05) is 25.0 Å². The lowest BCUT2D eigenvalue weighted by Gasteiger charge is -2.17. The minimum atomic E-state index is -0.917. The van der Waals surface area contributed by atoms with Gasteiger partial charge in [-0.2, -0.15) is 0 Å². The Hall–Kier alpha value is -2.15. The van der Waals surface area contributed by atoms with E-state index < -0.39 is 11.9 Å². The molecule has 1 saturated heterocycles. The quantitative estimate of drug-likeness (QED) is 0.702. The number of carbonyl (C=O) groups is 2. The standard InChI is InChI=1S/C14H17N3O3S/c18-12-8-10(13(19)20)9-17(12)7-6-15-14(21)16-11-4-2-1-3-5-11/h1-5,10H,6-9H2,(H,19,20)(H2,15,16,21). The van der Waals surface area contributed by atoms with Crippen LogP contribution in [-0.2, 0) is 9.59 Å². The first-order valence-corrected chi connectivity index (χ1v) is 7.07. The average molecular weight is 307 g/mol. The molecular weight excluding hydrogens is 290 g/mol. The lowest BCUT2D eigenvalue weighted by molar-refractivity contribution is -0.141. The lowest BCUT2D eigenvalue weighted by atomic mass is 10.1. The van der Waals surface area contributed by atoms with Gasteiger partial charge in [0.05, 0.1) is 5.92 Å². The van der Waals surface area contributed by atoms with E-state index in [2.05, 4.69) is 10.6 Å². The minimum Gasteiger partial charge on any atom is -0.481 e. The number of hydrogen-bond acceptors (Lipinski definition) is 3. The number of carbonyl (C=O) groups excluding carboxylic acids is 1. The number of anilines is 1. The molecular formula is C14H17N3O3S. The summed E-state index contributed by atoms with van der Waals surface area (Å²) in [5.41, 5.74) is 0.887. The van der Waals surface area contributed by atoms with E-state index in [0.717, 1.165) is 5.69 Å². The zero-order valence-electron chi connectivity index (χ0n) is 11.4. The van der Waals surface area contributed by atoms with Crippen molar-refractivity contribution in [3.63, 3.8) is 0 Å². The first-order valence-electron chi connectivity index (χ1n) is 6.67. The first-order chi connectivity index (χ1) is 10.1. The molecule has 0 saturated carbocycles. The third kappa shape index (κ3) is 4.42. The van der Waals surface area contributed by atoms with Gasteiger partial charge in [-0.25, -0.2) is 0 Å². The van der Waals surface area contributed by atoms with Gasteiger partial charge in [-0.1, -0.05) is 18.2 Å². The van der Waals surface area contributed by atoms with Crippen LogP contribution in [0.1, 0.15) is 6.42 Å². The fourth-order valence-corrected chi connectivity index (χ4v) is 2.37. The third-order valence-electron chi connectivity index (χ3n) is 3.26. The van der Waals surface area contributed by atoms with E-state index in [1.54, 1.807) is 4.90 Å². The normalized spacial score (nSPS) is 17.6. The highest BCUT2D eigenvalue weighted by molar-refractivity contribution is 7.80. The molecule has 1 aromatic carbocycles. The SMILES string of the molecule is O=C(O)C1CC(=O)N(CCNC(=S)Nc2ccccc2)C1. The summed E-state index contributed by atoms with van der Waals surface area (Å²) in [6.07, 6.45) is 0.0854. The van der Waals surface area contributed by atoms with Crippen molar-refractivity contribution in [2.45, 2.75) is 6.42 Å². The molecule has 0 aliphatic carbocycles. The van der Waals surface area contributed by atoms with Gasteiger partial charge in [-0.05, 0) is 24.4 Å². The minimum absolute atomic E-state index is 0.0854. The first kappa shape index (κ1) is 15.2. The Morgan fingerprint density at radius 3 is 2.71 bits per heavy atom. The number of rotatable bonds is 5. The molecule has 1 aliphatic heterocycles. The summed E-state index contributed by atoms with van der Waals surface area (Å²) in [6, 6.07) is 9.52. The molecule has 0 aromatic heterocycles. The smallest absolute Gasteiger partial charge is 0.308 e. The fraction of sp³-hybridized carbons (Fsp3) is 0.357. The number of aliphatic carboxylic acids is 1. The zero-order valence-corrected chi connectivity index (χ0v) is 12.2. The van der Waals surface area contributed by atoms with Crippen molar-refractivity contribution in [1.82, 2.24) is 10.2 Å². The number of hydrogen-bond donors (Lipinski definition) is 3. The number of carboxylic acids is 1. The number of amides is 1. The molecule has 0 bridgehead atoms. The predicted molar refractivity (Wildman–Crippen MR) is 83.0 cm³/mol. The Labute approximate surface area is 128 Å². The highest BCUT2D eigenvalue weighted by Gasteiger charge is 2.33. The van der Waals surface area contributed by atoms with Gasteiger partial charge in [-0.3, -0.25) is 9.59 Å². The van der Waals surface area contributed by atoms with Crippen molar-refractivity contribution >= 4 is 34.9 Å². The highest BCUT2D eigenvalue weighted by atomic mass is 32.1. The summed E-state index contributed by atoms with van der Waals surface area (Å²) in [5.74, 6) is -1.63. The topological polar surface area (TPSA) is 81.7 Å². The van der Waals surface area contributed by atoms with Crippen LogP contribution in [0.25, 0.3) is 0 Å². The number of thiocarbonyl (C=S) groups is 1. The van der Waals surface area contributed by atoms with E-state index in [-0.39, 0.29) is 18.9 Å². The molecule has 112 valence electrons. The molecule has 2 rings (SSSR count). The second-order valence-electron chi connectivity index (χ2n) is 4.83. The van der Waals surface area contributed by atoms with E-state index in [1.165, 1.54) is 0 Å². The van der Waals surface area contributed by atoms with Gasteiger partial charge in [0.2, 0.25) is 5.91 Å². The largest absolute Gasteiger partial charge is 0.481 e. The number of carboxylic acid groups (broad SMARTS) is 1. The van der Waals surface area contributed by atoms with E-state index in [0.29, 0.717) is 18.2 Å². The van der Waals surface area contributed by atoms with E-state index in [4.69, 9.17) is 17.3 Å². The fourth-order valence-electron chi connectivity index (χ4n) is 2.15. The summed E-state index contributed by atoms with van der Waals surface area (Å²) in [7, 11) is 0. The molecule has 0 spiro atoms. The van der Waals surface area contributed by atoms with Gasteiger partial charge in [0.15, 0.2) is 5.11 Å². The highest BCUT2D eigenvalue weighted by Crippen LogP contribution is 2.17. The molecule has 0 radical (unpaired) electrons. The van der Waals surface area contributed by atoms with Gasteiger partial charge in [0, 0.05) is 31.7 Å². The van der Waals surface area contributed by atoms with Gasteiger partial charge in [0.1, 0.15) is 0 Å². The van der Waals surface area contributed by atoms with E-state index in [9.17, 15) is 9.59 Å². The molecule has 1 amide bonds. The van der Waals surface area contributed by atoms with E-state index in [1.807, 2.05) is 30.3 Å².